The molecule has 1 N–H and O–H groups in total. The van der Waals surface area contributed by atoms with Gasteiger partial charge in [0.25, 0.3) is 0 Å². The molecule has 0 fully saturated rings. The van der Waals surface area contributed by atoms with Crippen molar-refractivity contribution in [1.29, 1.82) is 0 Å². The van der Waals surface area contributed by atoms with E-state index >= 15 is 0 Å². The van der Waals surface area contributed by atoms with Gasteiger partial charge in [-0.05, 0) is 24.3 Å². The molecule has 21 heavy (non-hydrogen) atoms. The molecule has 0 aliphatic heterocycles. The number of rotatable bonds is 6. The molecule has 3 rings (SSSR count). The van der Waals surface area contributed by atoms with Crippen molar-refractivity contribution >= 4 is 22.8 Å². The van der Waals surface area contributed by atoms with Crippen molar-refractivity contribution in [2.75, 3.05) is 19.5 Å². The molecule has 0 spiro atoms. The van der Waals surface area contributed by atoms with Crippen molar-refractivity contribution in [3.63, 3.8) is 0 Å². The normalized spacial score (nSPS) is 10.7. The minimum absolute atomic E-state index is 0.598. The first-order chi connectivity index (χ1) is 10.4. The van der Waals surface area contributed by atoms with Gasteiger partial charge in [0.2, 0.25) is 0 Å². The Hall–Kier alpha value is -2.28. The topological polar surface area (TPSA) is 72.9 Å². The van der Waals surface area contributed by atoms with Crippen LogP contribution in [0.3, 0.4) is 0 Å². The van der Waals surface area contributed by atoms with Crippen molar-refractivity contribution in [3.8, 4) is 11.5 Å². The summed E-state index contributed by atoms with van der Waals surface area (Å²) in [6, 6.07) is 7.54. The summed E-state index contributed by atoms with van der Waals surface area (Å²) in [5, 5.41) is 8.65. The molecule has 0 unspecified atom stereocenters. The second kappa shape index (κ2) is 6.45. The first kappa shape index (κ1) is 13.7. The van der Waals surface area contributed by atoms with E-state index in [1.54, 1.807) is 25.1 Å². The van der Waals surface area contributed by atoms with Crippen LogP contribution in [0.4, 0.5) is 0 Å². The summed E-state index contributed by atoms with van der Waals surface area (Å²) < 4.78 is 10.8. The number of hydrogen-bond acceptors (Lipinski definition) is 6. The van der Waals surface area contributed by atoms with Crippen molar-refractivity contribution in [2.45, 2.75) is 5.03 Å². The molecule has 0 atom stereocenters. The van der Waals surface area contributed by atoms with Gasteiger partial charge < -0.3 is 9.47 Å². The summed E-state index contributed by atoms with van der Waals surface area (Å²) in [5.74, 6) is 2.44. The van der Waals surface area contributed by atoms with E-state index in [1.165, 1.54) is 6.33 Å². The van der Waals surface area contributed by atoms with Crippen LogP contribution in [0.5, 0.6) is 11.5 Å². The summed E-state index contributed by atoms with van der Waals surface area (Å²) in [5.41, 5.74) is 0.753. The van der Waals surface area contributed by atoms with Crippen LogP contribution in [-0.2, 0) is 0 Å². The number of ether oxygens (including phenoxy) is 2. The number of benzene rings is 1. The molecule has 108 valence electrons. The molecule has 0 amide bonds. The van der Waals surface area contributed by atoms with Crippen LogP contribution in [0.15, 0.2) is 41.8 Å². The number of fused-ring (bicyclic) bond motifs is 1. The molecule has 0 radical (unpaired) electrons. The number of aromatic amines is 1. The first-order valence-electron chi connectivity index (χ1n) is 6.40. The number of nitrogens with one attached hydrogen (secondary N) is 1. The van der Waals surface area contributed by atoms with E-state index < -0.39 is 0 Å². The molecule has 0 aliphatic rings. The molecule has 6 nitrogen and oxygen atoms in total. The van der Waals surface area contributed by atoms with E-state index in [4.69, 9.17) is 9.47 Å². The summed E-state index contributed by atoms with van der Waals surface area (Å²) in [6.07, 6.45) is 3.27. The zero-order chi connectivity index (χ0) is 14.5. The number of H-pyrrole nitrogens is 1. The minimum Gasteiger partial charge on any atom is -0.497 e. The predicted octanol–water partition coefficient (Wildman–Crippen LogP) is 2.53. The van der Waals surface area contributed by atoms with Crippen molar-refractivity contribution in [2.24, 2.45) is 0 Å². The van der Waals surface area contributed by atoms with Gasteiger partial charge in [-0.2, -0.15) is 5.10 Å². The van der Waals surface area contributed by atoms with Crippen LogP contribution in [0.2, 0.25) is 0 Å². The lowest BCUT2D eigenvalue weighted by Crippen LogP contribution is -2.00. The summed E-state index contributed by atoms with van der Waals surface area (Å²) in [7, 11) is 1.64. The molecule has 0 bridgehead atoms. The van der Waals surface area contributed by atoms with Crippen molar-refractivity contribution in [3.05, 3.63) is 36.8 Å². The Balaban J connectivity index is 1.53. The summed E-state index contributed by atoms with van der Waals surface area (Å²) in [6.45, 7) is 0.598. The van der Waals surface area contributed by atoms with Gasteiger partial charge in [-0.25, -0.2) is 9.97 Å². The van der Waals surface area contributed by atoms with Gasteiger partial charge >= 0.3 is 0 Å². The fraction of sp³-hybridized carbons (Fsp3) is 0.214. The monoisotopic (exact) mass is 302 g/mol. The molecule has 0 saturated carbocycles. The van der Waals surface area contributed by atoms with E-state index in [0.29, 0.717) is 6.61 Å². The number of aromatic nitrogens is 4. The fourth-order valence-electron chi connectivity index (χ4n) is 1.83. The SMILES string of the molecule is COc1ccc(OCCSc2ncnc3[nH]ncc23)cc1. The molecular formula is C14H14N4O2S. The zero-order valence-corrected chi connectivity index (χ0v) is 12.3. The van der Waals surface area contributed by atoms with Crippen LogP contribution in [0.25, 0.3) is 11.0 Å². The van der Waals surface area contributed by atoms with Gasteiger partial charge in [0.05, 0.1) is 25.3 Å². The highest BCUT2D eigenvalue weighted by molar-refractivity contribution is 7.99. The van der Waals surface area contributed by atoms with Gasteiger partial charge in [0.1, 0.15) is 22.9 Å². The molecule has 7 heteroatoms. The number of nitrogens with zero attached hydrogens (tertiary/aromatic N) is 3. The summed E-state index contributed by atoms with van der Waals surface area (Å²) >= 11 is 1.62. The van der Waals surface area contributed by atoms with Crippen LogP contribution in [0.1, 0.15) is 0 Å². The van der Waals surface area contributed by atoms with Gasteiger partial charge in [0, 0.05) is 5.75 Å². The standard InChI is InChI=1S/C14H14N4O2S/c1-19-10-2-4-11(5-3-10)20-6-7-21-14-12-8-17-18-13(12)15-9-16-14/h2-5,8-9H,6-7H2,1H3,(H,15,16,17,18). The Kier molecular flexibility index (Phi) is 4.20. The highest BCUT2D eigenvalue weighted by Gasteiger charge is 2.05. The molecule has 2 aromatic heterocycles. The number of hydrogen-bond donors (Lipinski definition) is 1. The minimum atomic E-state index is 0.598. The molecule has 0 aliphatic carbocycles. The van der Waals surface area contributed by atoms with E-state index in [2.05, 4.69) is 20.2 Å². The Labute approximate surface area is 125 Å². The van der Waals surface area contributed by atoms with E-state index in [1.807, 2.05) is 24.3 Å². The number of methoxy groups -OCH3 is 1. The van der Waals surface area contributed by atoms with Crippen LogP contribution >= 0.6 is 11.8 Å². The number of thioether (sulfide) groups is 1. The molecule has 1 aromatic carbocycles. The van der Waals surface area contributed by atoms with E-state index in [-0.39, 0.29) is 0 Å². The Morgan fingerprint density at radius 3 is 2.76 bits per heavy atom. The largest absolute Gasteiger partial charge is 0.497 e. The molecule has 3 aromatic rings. The van der Waals surface area contributed by atoms with Crippen LogP contribution in [-0.4, -0.2) is 39.6 Å². The highest BCUT2D eigenvalue weighted by atomic mass is 32.2. The van der Waals surface area contributed by atoms with E-state index in [0.717, 1.165) is 33.3 Å². The highest BCUT2D eigenvalue weighted by Crippen LogP contribution is 2.23. The second-order valence-corrected chi connectivity index (χ2v) is 5.27. The van der Waals surface area contributed by atoms with Gasteiger partial charge in [-0.15, -0.1) is 11.8 Å². The lowest BCUT2D eigenvalue weighted by atomic mass is 10.3. The lowest BCUT2D eigenvalue weighted by Gasteiger charge is -2.06. The quantitative estimate of drug-likeness (QED) is 0.428. The molecular weight excluding hydrogens is 288 g/mol. The molecule has 0 saturated heterocycles. The maximum Gasteiger partial charge on any atom is 0.159 e. The smallest absolute Gasteiger partial charge is 0.159 e. The van der Waals surface area contributed by atoms with Crippen molar-refractivity contribution < 1.29 is 9.47 Å². The summed E-state index contributed by atoms with van der Waals surface area (Å²) in [4.78, 5) is 8.37. The third-order valence-electron chi connectivity index (χ3n) is 2.86. The van der Waals surface area contributed by atoms with Crippen LogP contribution in [0, 0.1) is 0 Å². The average molecular weight is 302 g/mol. The van der Waals surface area contributed by atoms with Gasteiger partial charge in [0.15, 0.2) is 5.65 Å². The second-order valence-electron chi connectivity index (χ2n) is 4.18. The first-order valence-corrected chi connectivity index (χ1v) is 7.39. The fourth-order valence-corrected chi connectivity index (χ4v) is 2.61. The lowest BCUT2D eigenvalue weighted by molar-refractivity contribution is 0.342. The predicted molar refractivity (Wildman–Crippen MR) is 80.9 cm³/mol. The third-order valence-corrected chi connectivity index (χ3v) is 3.83. The Bertz CT molecular complexity index is 714. The van der Waals surface area contributed by atoms with Crippen LogP contribution < -0.4 is 9.47 Å². The Morgan fingerprint density at radius 2 is 1.95 bits per heavy atom. The average Bonchev–Trinajstić information content (AvgIpc) is 3.01. The van der Waals surface area contributed by atoms with Gasteiger partial charge in [-0.3, -0.25) is 5.10 Å². The third kappa shape index (κ3) is 3.25. The maximum atomic E-state index is 5.68. The molecule has 2 heterocycles. The maximum absolute atomic E-state index is 5.68. The van der Waals surface area contributed by atoms with E-state index in [9.17, 15) is 0 Å². The van der Waals surface area contributed by atoms with Crippen molar-refractivity contribution in [1.82, 2.24) is 20.2 Å². The Morgan fingerprint density at radius 1 is 1.14 bits per heavy atom. The van der Waals surface area contributed by atoms with Gasteiger partial charge in [-0.1, -0.05) is 0 Å². The zero-order valence-electron chi connectivity index (χ0n) is 11.4.